The maximum atomic E-state index is 13.9. The minimum absolute atomic E-state index is 0.363. The van der Waals surface area contributed by atoms with Crippen molar-refractivity contribution in [3.8, 4) is 11.1 Å². The Bertz CT molecular complexity index is 719. The van der Waals surface area contributed by atoms with Crippen LogP contribution in [-0.2, 0) is 5.60 Å². The third-order valence-corrected chi connectivity index (χ3v) is 5.36. The number of nitrogens with zero attached hydrogens (tertiary/aromatic N) is 1. The number of hydrogen-bond acceptors (Lipinski definition) is 2. The Kier molecular flexibility index (Phi) is 6.05. The number of likely N-dealkylation sites (tertiary alicyclic amines) is 1. The topological polar surface area (TPSA) is 23.5 Å². The maximum Gasteiger partial charge on any atom is 0.133 e. The van der Waals surface area contributed by atoms with E-state index in [9.17, 15) is 13.9 Å². The van der Waals surface area contributed by atoms with Crippen molar-refractivity contribution >= 4 is 0 Å². The van der Waals surface area contributed by atoms with Crippen LogP contribution in [-0.4, -0.2) is 29.6 Å². The second kappa shape index (κ2) is 8.28. The molecule has 2 nitrogen and oxygen atoms in total. The zero-order valence-corrected chi connectivity index (χ0v) is 15.3. The molecule has 2 aromatic carbocycles. The van der Waals surface area contributed by atoms with Crippen LogP contribution in [0.2, 0.25) is 0 Å². The summed E-state index contributed by atoms with van der Waals surface area (Å²) in [5, 5.41) is 10.9. The maximum absolute atomic E-state index is 13.9. The molecule has 1 unspecified atom stereocenters. The zero-order chi connectivity index (χ0) is 18.6. The second-order valence-electron chi connectivity index (χ2n) is 7.48. The van der Waals surface area contributed by atoms with Gasteiger partial charge >= 0.3 is 0 Å². The fraction of sp³-hybridized carbons (Fsp3) is 0.455. The molecule has 3 rings (SSSR count). The van der Waals surface area contributed by atoms with Gasteiger partial charge in [-0.1, -0.05) is 37.1 Å². The highest BCUT2D eigenvalue weighted by atomic mass is 19.1. The summed E-state index contributed by atoms with van der Waals surface area (Å²) in [5.41, 5.74) is 0.932. The smallest absolute Gasteiger partial charge is 0.133 e. The third kappa shape index (κ3) is 4.68. The van der Waals surface area contributed by atoms with Crippen LogP contribution in [0.3, 0.4) is 0 Å². The molecule has 140 valence electrons. The van der Waals surface area contributed by atoms with E-state index in [4.69, 9.17) is 0 Å². The zero-order valence-electron chi connectivity index (χ0n) is 15.3. The molecule has 1 saturated heterocycles. The summed E-state index contributed by atoms with van der Waals surface area (Å²) in [6.45, 7) is 4.93. The molecule has 0 bridgehead atoms. The van der Waals surface area contributed by atoms with Crippen LogP contribution in [0, 0.1) is 11.6 Å². The number of halogens is 2. The van der Waals surface area contributed by atoms with E-state index in [1.807, 2.05) is 19.1 Å². The van der Waals surface area contributed by atoms with E-state index < -0.39 is 17.2 Å². The number of aliphatic hydroxyl groups is 1. The van der Waals surface area contributed by atoms with E-state index in [0.29, 0.717) is 17.5 Å². The highest BCUT2D eigenvalue weighted by molar-refractivity contribution is 5.64. The van der Waals surface area contributed by atoms with Crippen LogP contribution in [0.4, 0.5) is 8.78 Å². The Balaban J connectivity index is 1.68. The van der Waals surface area contributed by atoms with Gasteiger partial charge in [0.2, 0.25) is 0 Å². The monoisotopic (exact) mass is 359 g/mol. The van der Waals surface area contributed by atoms with Crippen molar-refractivity contribution in [1.29, 1.82) is 0 Å². The molecule has 1 heterocycles. The number of hydrogen-bond donors (Lipinski definition) is 1. The summed E-state index contributed by atoms with van der Waals surface area (Å²) in [4.78, 5) is 2.43. The van der Waals surface area contributed by atoms with E-state index >= 15 is 0 Å². The molecule has 0 radical (unpaired) electrons. The summed E-state index contributed by atoms with van der Waals surface area (Å²) in [7, 11) is 0. The Morgan fingerprint density at radius 2 is 1.62 bits per heavy atom. The first kappa shape index (κ1) is 19.0. The summed E-state index contributed by atoms with van der Waals surface area (Å²) in [6, 6.07) is 10.8. The highest BCUT2D eigenvalue weighted by Crippen LogP contribution is 2.29. The lowest BCUT2D eigenvalue weighted by molar-refractivity contribution is 0.0362. The van der Waals surface area contributed by atoms with Gasteiger partial charge in [-0.15, -0.1) is 0 Å². The van der Waals surface area contributed by atoms with E-state index in [-0.39, 0.29) is 0 Å². The molecule has 26 heavy (non-hydrogen) atoms. The summed E-state index contributed by atoms with van der Waals surface area (Å²) in [6.07, 6.45) is 5.74. The lowest BCUT2D eigenvalue weighted by atomic mass is 9.90. The fourth-order valence-corrected chi connectivity index (χ4v) is 3.61. The van der Waals surface area contributed by atoms with Crippen molar-refractivity contribution in [3.05, 3.63) is 59.7 Å². The van der Waals surface area contributed by atoms with Gasteiger partial charge in [0, 0.05) is 18.2 Å². The van der Waals surface area contributed by atoms with Gasteiger partial charge in [0.05, 0.1) is 5.60 Å². The van der Waals surface area contributed by atoms with Gasteiger partial charge in [-0.05, 0) is 62.5 Å². The van der Waals surface area contributed by atoms with Crippen LogP contribution >= 0.6 is 0 Å². The van der Waals surface area contributed by atoms with Gasteiger partial charge in [-0.25, -0.2) is 8.78 Å². The average molecular weight is 359 g/mol. The summed E-state index contributed by atoms with van der Waals surface area (Å²) >= 11 is 0. The van der Waals surface area contributed by atoms with Crippen molar-refractivity contribution in [2.24, 2.45) is 0 Å². The molecule has 1 N–H and O–H groups in total. The molecule has 0 amide bonds. The van der Waals surface area contributed by atoms with Crippen molar-refractivity contribution in [2.75, 3.05) is 19.6 Å². The summed E-state index contributed by atoms with van der Waals surface area (Å²) in [5.74, 6) is -1.16. The van der Waals surface area contributed by atoms with Gasteiger partial charge in [0.25, 0.3) is 0 Å². The molecule has 0 spiro atoms. The first-order valence-electron chi connectivity index (χ1n) is 9.46. The van der Waals surface area contributed by atoms with Crippen LogP contribution in [0.5, 0.6) is 0 Å². The standard InChI is InChI=1S/C22H27F2NO/c1-22(26,12-15-25-13-4-2-3-5-14-25)18-8-6-17(7-9-18)20-11-10-19(23)16-21(20)24/h6-11,16,26H,2-5,12-15H2,1H3. The van der Waals surface area contributed by atoms with Gasteiger partial charge in [-0.3, -0.25) is 0 Å². The molecule has 0 aromatic heterocycles. The largest absolute Gasteiger partial charge is 0.385 e. The van der Waals surface area contributed by atoms with Crippen LogP contribution < -0.4 is 0 Å². The first-order chi connectivity index (χ1) is 12.5. The van der Waals surface area contributed by atoms with E-state index in [0.717, 1.165) is 31.3 Å². The Hall–Kier alpha value is -1.78. The molecular weight excluding hydrogens is 332 g/mol. The minimum Gasteiger partial charge on any atom is -0.385 e. The van der Waals surface area contributed by atoms with Crippen LogP contribution in [0.15, 0.2) is 42.5 Å². The molecule has 1 aliphatic heterocycles. The number of benzene rings is 2. The minimum atomic E-state index is -0.924. The van der Waals surface area contributed by atoms with E-state index in [1.54, 1.807) is 12.1 Å². The Labute approximate surface area is 154 Å². The molecule has 2 aromatic rings. The molecular formula is C22H27F2NO. The second-order valence-corrected chi connectivity index (χ2v) is 7.48. The van der Waals surface area contributed by atoms with Crippen LogP contribution in [0.1, 0.15) is 44.6 Å². The lowest BCUT2D eigenvalue weighted by Crippen LogP contribution is -2.32. The highest BCUT2D eigenvalue weighted by Gasteiger charge is 2.24. The normalized spacial score (nSPS) is 18.3. The van der Waals surface area contributed by atoms with Gasteiger partial charge in [0.1, 0.15) is 11.6 Å². The molecule has 4 heteroatoms. The van der Waals surface area contributed by atoms with Crippen molar-refractivity contribution in [1.82, 2.24) is 4.90 Å². The van der Waals surface area contributed by atoms with Gasteiger partial charge < -0.3 is 10.0 Å². The van der Waals surface area contributed by atoms with Gasteiger partial charge in [-0.2, -0.15) is 0 Å². The lowest BCUT2D eigenvalue weighted by Gasteiger charge is -2.28. The van der Waals surface area contributed by atoms with E-state index in [1.165, 1.54) is 37.8 Å². The molecule has 1 aliphatic rings. The predicted octanol–water partition coefficient (Wildman–Crippen LogP) is 5.11. The van der Waals surface area contributed by atoms with Crippen molar-refractivity contribution in [3.63, 3.8) is 0 Å². The van der Waals surface area contributed by atoms with E-state index in [2.05, 4.69) is 4.90 Å². The molecule has 1 atom stereocenters. The molecule has 1 fully saturated rings. The first-order valence-corrected chi connectivity index (χ1v) is 9.46. The third-order valence-electron chi connectivity index (χ3n) is 5.36. The van der Waals surface area contributed by atoms with Crippen LogP contribution in [0.25, 0.3) is 11.1 Å². The molecule has 0 aliphatic carbocycles. The fourth-order valence-electron chi connectivity index (χ4n) is 3.61. The molecule has 0 saturated carbocycles. The number of rotatable bonds is 5. The van der Waals surface area contributed by atoms with Crippen molar-refractivity contribution in [2.45, 2.75) is 44.6 Å². The Morgan fingerprint density at radius 3 is 2.23 bits per heavy atom. The van der Waals surface area contributed by atoms with Gasteiger partial charge in [0.15, 0.2) is 0 Å². The summed E-state index contributed by atoms with van der Waals surface area (Å²) < 4.78 is 27.0. The SMILES string of the molecule is CC(O)(CCN1CCCCCC1)c1ccc(-c2ccc(F)cc2F)cc1. The predicted molar refractivity (Wildman–Crippen MR) is 101 cm³/mol. The van der Waals surface area contributed by atoms with Crippen molar-refractivity contribution < 1.29 is 13.9 Å². The Morgan fingerprint density at radius 1 is 0.962 bits per heavy atom. The quantitative estimate of drug-likeness (QED) is 0.802. The average Bonchev–Trinajstić information content (AvgIpc) is 2.89.